The van der Waals surface area contributed by atoms with Gasteiger partial charge in [0.1, 0.15) is 5.75 Å². The second-order valence-electron chi connectivity index (χ2n) is 4.65. The fraction of sp³-hybridized carbons (Fsp3) is 0.500. The molecule has 0 aliphatic carbocycles. The van der Waals surface area contributed by atoms with Gasteiger partial charge in [0.05, 0.1) is 18.3 Å². The molecular formula is C14H22N2O2. The number of para-hydroxylation sites is 2. The van der Waals surface area contributed by atoms with E-state index in [1.165, 1.54) is 0 Å². The maximum Gasteiger partial charge on any atom is 0.241 e. The number of benzene rings is 1. The number of anilines is 1. The van der Waals surface area contributed by atoms with Crippen molar-refractivity contribution in [2.45, 2.75) is 33.2 Å². The minimum absolute atomic E-state index is 0.171. The lowest BCUT2D eigenvalue weighted by Crippen LogP contribution is -2.36. The van der Waals surface area contributed by atoms with Crippen LogP contribution in [0.3, 0.4) is 0 Å². The Labute approximate surface area is 109 Å². The van der Waals surface area contributed by atoms with Crippen molar-refractivity contribution >= 4 is 11.6 Å². The van der Waals surface area contributed by atoms with Gasteiger partial charge >= 0.3 is 0 Å². The van der Waals surface area contributed by atoms with Gasteiger partial charge in [-0.2, -0.15) is 0 Å². The normalized spacial score (nSPS) is 12.3. The van der Waals surface area contributed by atoms with Crippen LogP contribution in [0.15, 0.2) is 24.3 Å². The molecule has 0 heterocycles. The Morgan fingerprint density at radius 1 is 1.39 bits per heavy atom. The predicted octanol–water partition coefficient (Wildman–Crippen LogP) is 2.40. The third kappa shape index (κ3) is 4.37. The summed E-state index contributed by atoms with van der Waals surface area (Å²) in [5, 5.41) is 2.81. The molecule has 0 saturated heterocycles. The summed E-state index contributed by atoms with van der Waals surface area (Å²) in [7, 11) is 0. The van der Waals surface area contributed by atoms with E-state index in [-0.39, 0.29) is 5.91 Å². The second kappa shape index (κ2) is 7.01. The Balaban J connectivity index is 2.69. The van der Waals surface area contributed by atoms with E-state index in [0.29, 0.717) is 30.4 Å². The van der Waals surface area contributed by atoms with Crippen molar-refractivity contribution in [3.63, 3.8) is 0 Å². The zero-order chi connectivity index (χ0) is 13.5. The molecule has 1 amide bonds. The molecule has 1 atom stereocenters. The molecule has 0 bridgehead atoms. The van der Waals surface area contributed by atoms with Crippen LogP contribution < -0.4 is 15.8 Å². The smallest absolute Gasteiger partial charge is 0.241 e. The fourth-order valence-electron chi connectivity index (χ4n) is 1.69. The Kier molecular flexibility index (Phi) is 5.65. The van der Waals surface area contributed by atoms with E-state index in [4.69, 9.17) is 10.5 Å². The van der Waals surface area contributed by atoms with Gasteiger partial charge in [-0.1, -0.05) is 26.0 Å². The molecule has 100 valence electrons. The van der Waals surface area contributed by atoms with Crippen molar-refractivity contribution in [2.75, 3.05) is 11.9 Å². The summed E-state index contributed by atoms with van der Waals surface area (Å²) in [6.07, 6.45) is 0.669. The van der Waals surface area contributed by atoms with Gasteiger partial charge in [-0.05, 0) is 31.4 Å². The lowest BCUT2D eigenvalue weighted by atomic mass is 10.0. The summed E-state index contributed by atoms with van der Waals surface area (Å²) in [4.78, 5) is 11.9. The summed E-state index contributed by atoms with van der Waals surface area (Å²) in [6.45, 7) is 6.55. The molecule has 1 rings (SSSR count). The van der Waals surface area contributed by atoms with Crippen LogP contribution in [0.4, 0.5) is 5.69 Å². The lowest BCUT2D eigenvalue weighted by Gasteiger charge is -2.16. The largest absolute Gasteiger partial charge is 0.492 e. The van der Waals surface area contributed by atoms with Gasteiger partial charge in [0, 0.05) is 0 Å². The molecule has 0 aliphatic heterocycles. The molecule has 4 nitrogen and oxygen atoms in total. The molecule has 0 radical (unpaired) electrons. The van der Waals surface area contributed by atoms with Crippen molar-refractivity contribution in [3.05, 3.63) is 24.3 Å². The summed E-state index contributed by atoms with van der Waals surface area (Å²) in [6, 6.07) is 6.87. The number of carbonyl (C=O) groups excluding carboxylic acids is 1. The van der Waals surface area contributed by atoms with Crippen LogP contribution in [0.1, 0.15) is 27.2 Å². The monoisotopic (exact) mass is 250 g/mol. The summed E-state index contributed by atoms with van der Waals surface area (Å²) in [5.74, 6) is 0.897. The predicted molar refractivity (Wildman–Crippen MR) is 73.7 cm³/mol. The van der Waals surface area contributed by atoms with Gasteiger partial charge in [-0.25, -0.2) is 0 Å². The van der Waals surface area contributed by atoms with Gasteiger partial charge in [0.15, 0.2) is 0 Å². The molecular weight excluding hydrogens is 228 g/mol. The van der Waals surface area contributed by atoms with Gasteiger partial charge < -0.3 is 15.8 Å². The molecule has 0 fully saturated rings. The van der Waals surface area contributed by atoms with Crippen LogP contribution in [0.2, 0.25) is 0 Å². The molecule has 0 saturated carbocycles. The van der Waals surface area contributed by atoms with Crippen LogP contribution in [0, 0.1) is 5.92 Å². The molecule has 0 spiro atoms. The second-order valence-corrected chi connectivity index (χ2v) is 4.65. The molecule has 4 heteroatoms. The van der Waals surface area contributed by atoms with Crippen molar-refractivity contribution in [3.8, 4) is 5.75 Å². The number of amides is 1. The Morgan fingerprint density at radius 3 is 2.67 bits per heavy atom. The quantitative estimate of drug-likeness (QED) is 0.814. The molecule has 0 aliphatic rings. The number of nitrogens with two attached hydrogens (primary N) is 1. The van der Waals surface area contributed by atoms with E-state index < -0.39 is 6.04 Å². The number of hydrogen-bond acceptors (Lipinski definition) is 3. The Morgan fingerprint density at radius 2 is 2.06 bits per heavy atom. The minimum atomic E-state index is -0.486. The number of hydrogen-bond donors (Lipinski definition) is 2. The van der Waals surface area contributed by atoms with E-state index >= 15 is 0 Å². The van der Waals surface area contributed by atoms with E-state index in [1.807, 2.05) is 45.0 Å². The summed E-state index contributed by atoms with van der Waals surface area (Å²) in [5.41, 5.74) is 6.51. The Hall–Kier alpha value is -1.55. The van der Waals surface area contributed by atoms with Crippen molar-refractivity contribution in [1.29, 1.82) is 0 Å². The zero-order valence-electron chi connectivity index (χ0n) is 11.3. The van der Waals surface area contributed by atoms with Crippen LogP contribution >= 0.6 is 0 Å². The highest BCUT2D eigenvalue weighted by Crippen LogP contribution is 2.23. The van der Waals surface area contributed by atoms with E-state index in [1.54, 1.807) is 0 Å². The molecule has 0 aromatic heterocycles. The van der Waals surface area contributed by atoms with Gasteiger partial charge in [0.25, 0.3) is 0 Å². The fourth-order valence-corrected chi connectivity index (χ4v) is 1.69. The lowest BCUT2D eigenvalue weighted by molar-refractivity contribution is -0.117. The topological polar surface area (TPSA) is 64.3 Å². The first-order valence-corrected chi connectivity index (χ1v) is 6.32. The van der Waals surface area contributed by atoms with Gasteiger partial charge in [-0.3, -0.25) is 4.79 Å². The highest BCUT2D eigenvalue weighted by Gasteiger charge is 2.16. The summed E-state index contributed by atoms with van der Waals surface area (Å²) >= 11 is 0. The number of carbonyl (C=O) groups is 1. The average Bonchev–Trinajstić information content (AvgIpc) is 2.31. The number of ether oxygens (including phenoxy) is 1. The van der Waals surface area contributed by atoms with Crippen LogP contribution in [0.25, 0.3) is 0 Å². The highest BCUT2D eigenvalue weighted by atomic mass is 16.5. The van der Waals surface area contributed by atoms with Crippen LogP contribution in [-0.4, -0.2) is 18.6 Å². The maximum absolute atomic E-state index is 11.9. The zero-order valence-corrected chi connectivity index (χ0v) is 11.3. The Bertz CT molecular complexity index is 391. The standard InChI is InChI=1S/C14H22N2O2/c1-4-18-13-8-6-5-7-12(13)16-14(17)11(15)9-10(2)3/h5-8,10-11H,4,9,15H2,1-3H3,(H,16,17)/t11-/m0/s1. The van der Waals surface area contributed by atoms with E-state index in [2.05, 4.69) is 5.32 Å². The molecule has 3 N–H and O–H groups in total. The first-order chi connectivity index (χ1) is 8.54. The number of rotatable bonds is 6. The molecule has 18 heavy (non-hydrogen) atoms. The van der Waals surface area contributed by atoms with Crippen molar-refractivity contribution in [2.24, 2.45) is 11.7 Å². The van der Waals surface area contributed by atoms with Gasteiger partial charge in [-0.15, -0.1) is 0 Å². The third-order valence-electron chi connectivity index (χ3n) is 2.51. The summed E-state index contributed by atoms with van der Waals surface area (Å²) < 4.78 is 5.44. The molecule has 1 aromatic rings. The van der Waals surface area contributed by atoms with Crippen molar-refractivity contribution in [1.82, 2.24) is 0 Å². The maximum atomic E-state index is 11.9. The van der Waals surface area contributed by atoms with Crippen molar-refractivity contribution < 1.29 is 9.53 Å². The SMILES string of the molecule is CCOc1ccccc1NC(=O)[C@@H](N)CC(C)C. The van der Waals surface area contributed by atoms with E-state index in [9.17, 15) is 4.79 Å². The highest BCUT2D eigenvalue weighted by molar-refractivity contribution is 5.95. The average molecular weight is 250 g/mol. The van der Waals surface area contributed by atoms with Crippen LogP contribution in [-0.2, 0) is 4.79 Å². The minimum Gasteiger partial charge on any atom is -0.492 e. The first kappa shape index (κ1) is 14.5. The number of nitrogens with one attached hydrogen (secondary N) is 1. The van der Waals surface area contributed by atoms with Gasteiger partial charge in [0.2, 0.25) is 5.91 Å². The third-order valence-corrected chi connectivity index (χ3v) is 2.51. The molecule has 0 unspecified atom stereocenters. The van der Waals surface area contributed by atoms with E-state index in [0.717, 1.165) is 0 Å². The van der Waals surface area contributed by atoms with Crippen LogP contribution in [0.5, 0.6) is 5.75 Å². The molecule has 1 aromatic carbocycles. The first-order valence-electron chi connectivity index (χ1n) is 6.32.